The van der Waals surface area contributed by atoms with Gasteiger partial charge in [-0.05, 0) is 115 Å². The van der Waals surface area contributed by atoms with Crippen LogP contribution >= 0.6 is 0 Å². The Bertz CT molecular complexity index is 1520. The van der Waals surface area contributed by atoms with Gasteiger partial charge in [0.05, 0.1) is 11.9 Å². The number of carbonyl (C=O) groups is 1. The van der Waals surface area contributed by atoms with Crippen LogP contribution in [-0.2, 0) is 19.3 Å². The highest BCUT2D eigenvalue weighted by Crippen LogP contribution is 2.42. The van der Waals surface area contributed by atoms with E-state index in [-0.39, 0.29) is 11.4 Å². The summed E-state index contributed by atoms with van der Waals surface area (Å²) in [4.78, 5) is 11.5. The Kier molecular flexibility index (Phi) is 6.96. The van der Waals surface area contributed by atoms with Gasteiger partial charge in [0.25, 0.3) is 0 Å². The van der Waals surface area contributed by atoms with E-state index < -0.39 is 5.97 Å². The van der Waals surface area contributed by atoms with Crippen LogP contribution in [0.25, 0.3) is 16.8 Å². The van der Waals surface area contributed by atoms with Gasteiger partial charge >= 0.3 is 5.97 Å². The second-order valence-electron chi connectivity index (χ2n) is 10.9. The van der Waals surface area contributed by atoms with E-state index in [0.717, 1.165) is 50.0 Å². The molecule has 6 heteroatoms. The standard InChI is InChI=1S/C33H36N4O2/c1-2-22-17-21(9-12-28(22)23-13-15-35-16-14-23)18-26-11-10-24-5-4-8-29(31(24)26)25-6-3-7-27(19-25)37-32(34)30(20-36-37)33(38)39/h3-9,12,17,19-20,23,26,35H,2,10-11,13-16,18,34H2,1H3,(H,38,39)/t26-/m1/s1. The summed E-state index contributed by atoms with van der Waals surface area (Å²) in [5.41, 5.74) is 16.6. The van der Waals surface area contributed by atoms with Crippen molar-refractivity contribution in [3.8, 4) is 16.8 Å². The number of rotatable bonds is 7. The van der Waals surface area contributed by atoms with Crippen LogP contribution in [0.3, 0.4) is 0 Å². The first-order valence-corrected chi connectivity index (χ1v) is 14.1. The van der Waals surface area contributed by atoms with Crippen molar-refractivity contribution in [3.63, 3.8) is 0 Å². The number of hydrogen-bond acceptors (Lipinski definition) is 4. The maximum Gasteiger partial charge on any atom is 0.341 e. The highest BCUT2D eigenvalue weighted by Gasteiger charge is 2.27. The summed E-state index contributed by atoms with van der Waals surface area (Å²) in [6.45, 7) is 4.52. The molecule has 0 spiro atoms. The van der Waals surface area contributed by atoms with Crippen molar-refractivity contribution in [1.82, 2.24) is 15.1 Å². The Hall–Kier alpha value is -3.90. The molecule has 1 aliphatic heterocycles. The SMILES string of the molecule is CCc1cc(C[C@H]2CCc3cccc(-c4cccc(-n5ncc(C(=O)O)c5N)c4)c32)ccc1C1CCNCC1. The van der Waals surface area contributed by atoms with Gasteiger partial charge in [-0.1, -0.05) is 55.5 Å². The van der Waals surface area contributed by atoms with Crippen molar-refractivity contribution in [3.05, 3.63) is 100 Å². The summed E-state index contributed by atoms with van der Waals surface area (Å²) in [6, 6.07) is 22.0. The summed E-state index contributed by atoms with van der Waals surface area (Å²) in [7, 11) is 0. The second kappa shape index (κ2) is 10.7. The van der Waals surface area contributed by atoms with Gasteiger partial charge in [0, 0.05) is 0 Å². The maximum atomic E-state index is 11.5. The first-order valence-electron chi connectivity index (χ1n) is 14.1. The lowest BCUT2D eigenvalue weighted by Crippen LogP contribution is -2.27. The largest absolute Gasteiger partial charge is 0.477 e. The molecule has 200 valence electrons. The van der Waals surface area contributed by atoms with Crippen molar-refractivity contribution in [1.29, 1.82) is 0 Å². The normalized spacial score (nSPS) is 17.3. The van der Waals surface area contributed by atoms with Crippen molar-refractivity contribution >= 4 is 11.8 Å². The van der Waals surface area contributed by atoms with Gasteiger partial charge in [-0.3, -0.25) is 0 Å². The first kappa shape index (κ1) is 25.4. The minimum atomic E-state index is -1.08. The zero-order chi connectivity index (χ0) is 26.9. The van der Waals surface area contributed by atoms with Gasteiger partial charge in [-0.2, -0.15) is 5.10 Å². The van der Waals surface area contributed by atoms with Gasteiger partial charge in [-0.25, -0.2) is 9.48 Å². The van der Waals surface area contributed by atoms with Crippen LogP contribution in [0.1, 0.15) is 76.2 Å². The fraction of sp³-hybridized carbons (Fsp3) is 0.333. The van der Waals surface area contributed by atoms with Gasteiger partial charge in [0.2, 0.25) is 0 Å². The van der Waals surface area contributed by atoms with E-state index in [4.69, 9.17) is 5.73 Å². The van der Waals surface area contributed by atoms with E-state index in [1.165, 1.54) is 51.5 Å². The topological polar surface area (TPSA) is 93.2 Å². The fourth-order valence-corrected chi connectivity index (χ4v) is 6.68. The summed E-state index contributed by atoms with van der Waals surface area (Å²) in [6.07, 6.45) is 8.12. The van der Waals surface area contributed by atoms with E-state index in [9.17, 15) is 9.90 Å². The minimum absolute atomic E-state index is 0.0127. The van der Waals surface area contributed by atoms with Crippen LogP contribution in [0.4, 0.5) is 5.82 Å². The molecule has 0 amide bonds. The van der Waals surface area contributed by atoms with Crippen LogP contribution in [-0.4, -0.2) is 33.9 Å². The molecule has 0 bridgehead atoms. The van der Waals surface area contributed by atoms with E-state index >= 15 is 0 Å². The molecule has 3 aromatic carbocycles. The Balaban J connectivity index is 1.31. The lowest BCUT2D eigenvalue weighted by Gasteiger charge is -2.26. The fourth-order valence-electron chi connectivity index (χ4n) is 6.68. The van der Waals surface area contributed by atoms with Crippen molar-refractivity contribution < 1.29 is 9.90 Å². The third-order valence-electron chi connectivity index (χ3n) is 8.65. The van der Waals surface area contributed by atoms with Crippen molar-refractivity contribution in [2.24, 2.45) is 0 Å². The quantitative estimate of drug-likeness (QED) is 0.273. The molecule has 6 rings (SSSR count). The third kappa shape index (κ3) is 4.85. The number of aromatic carboxylic acids is 1. The molecular weight excluding hydrogens is 484 g/mol. The number of nitrogen functional groups attached to an aromatic ring is 1. The number of aromatic nitrogens is 2. The number of nitrogens with two attached hydrogens (primary N) is 1. The van der Waals surface area contributed by atoms with Gasteiger partial charge in [0.15, 0.2) is 0 Å². The Morgan fingerprint density at radius 3 is 2.67 bits per heavy atom. The Morgan fingerprint density at radius 2 is 1.90 bits per heavy atom. The number of piperidine rings is 1. The highest BCUT2D eigenvalue weighted by molar-refractivity contribution is 5.92. The zero-order valence-corrected chi connectivity index (χ0v) is 22.5. The number of nitrogens with zero attached hydrogens (tertiary/aromatic N) is 2. The maximum absolute atomic E-state index is 11.5. The minimum Gasteiger partial charge on any atom is -0.477 e. The number of carboxylic acids is 1. The number of aryl methyl sites for hydroxylation is 2. The van der Waals surface area contributed by atoms with E-state index in [2.05, 4.69) is 65.9 Å². The summed E-state index contributed by atoms with van der Waals surface area (Å²) < 4.78 is 1.50. The molecule has 1 atom stereocenters. The summed E-state index contributed by atoms with van der Waals surface area (Å²) in [5.74, 6) is 0.198. The van der Waals surface area contributed by atoms with Crippen LogP contribution in [0.2, 0.25) is 0 Å². The molecule has 1 saturated heterocycles. The number of benzene rings is 3. The molecule has 6 nitrogen and oxygen atoms in total. The number of nitrogens with one attached hydrogen (secondary N) is 1. The number of fused-ring (bicyclic) bond motifs is 1. The molecule has 4 aromatic rings. The van der Waals surface area contributed by atoms with Gasteiger partial charge in [-0.15, -0.1) is 0 Å². The Labute approximate surface area is 229 Å². The molecule has 1 aliphatic carbocycles. The van der Waals surface area contributed by atoms with E-state index in [0.29, 0.717) is 11.8 Å². The molecule has 2 aliphatic rings. The average molecular weight is 521 g/mol. The molecule has 0 unspecified atom stereocenters. The first-order chi connectivity index (χ1) is 19.0. The molecule has 0 radical (unpaired) electrons. The van der Waals surface area contributed by atoms with Crippen LogP contribution in [0, 0.1) is 0 Å². The summed E-state index contributed by atoms with van der Waals surface area (Å²) in [5, 5.41) is 17.1. The zero-order valence-electron chi connectivity index (χ0n) is 22.5. The molecule has 39 heavy (non-hydrogen) atoms. The smallest absolute Gasteiger partial charge is 0.341 e. The van der Waals surface area contributed by atoms with Gasteiger partial charge in [0.1, 0.15) is 11.4 Å². The average Bonchev–Trinajstić information content (AvgIpc) is 3.57. The predicted molar refractivity (Wildman–Crippen MR) is 156 cm³/mol. The lowest BCUT2D eigenvalue weighted by atomic mass is 9.83. The molecule has 1 fully saturated rings. The lowest BCUT2D eigenvalue weighted by molar-refractivity contribution is 0.0698. The molecule has 2 heterocycles. The van der Waals surface area contributed by atoms with Crippen LogP contribution in [0.5, 0.6) is 0 Å². The number of anilines is 1. The summed E-state index contributed by atoms with van der Waals surface area (Å²) >= 11 is 0. The van der Waals surface area contributed by atoms with E-state index in [1.807, 2.05) is 12.1 Å². The van der Waals surface area contributed by atoms with Crippen molar-refractivity contribution in [2.45, 2.75) is 57.3 Å². The second-order valence-corrected chi connectivity index (χ2v) is 10.9. The van der Waals surface area contributed by atoms with Crippen molar-refractivity contribution in [2.75, 3.05) is 18.8 Å². The van der Waals surface area contributed by atoms with Crippen LogP contribution in [0.15, 0.2) is 66.9 Å². The molecule has 0 saturated carbocycles. The molecule has 1 aromatic heterocycles. The number of hydrogen-bond donors (Lipinski definition) is 3. The third-order valence-corrected chi connectivity index (χ3v) is 8.65. The number of carboxylic acid groups (broad SMARTS) is 1. The van der Waals surface area contributed by atoms with Gasteiger partial charge < -0.3 is 16.2 Å². The highest BCUT2D eigenvalue weighted by atomic mass is 16.4. The molecule has 4 N–H and O–H groups in total. The Morgan fingerprint density at radius 1 is 1.08 bits per heavy atom. The van der Waals surface area contributed by atoms with Crippen LogP contribution < -0.4 is 11.1 Å². The monoisotopic (exact) mass is 520 g/mol. The molecular formula is C33H36N4O2. The predicted octanol–water partition coefficient (Wildman–Crippen LogP) is 6.12. The van der Waals surface area contributed by atoms with E-state index in [1.54, 1.807) is 5.56 Å².